The minimum absolute atomic E-state index is 0.00502. The Bertz CT molecular complexity index is 1190. The van der Waals surface area contributed by atoms with Crippen LogP contribution in [0.25, 0.3) is 0 Å². The van der Waals surface area contributed by atoms with Crippen molar-refractivity contribution in [3.8, 4) is 5.75 Å². The number of amides is 2. The first-order valence-electron chi connectivity index (χ1n) is 12.5. The van der Waals surface area contributed by atoms with Crippen molar-refractivity contribution in [1.82, 2.24) is 10.2 Å². The third-order valence-electron chi connectivity index (χ3n) is 5.91. The van der Waals surface area contributed by atoms with Crippen molar-refractivity contribution in [3.63, 3.8) is 0 Å². The number of rotatable bonds is 14. The molecule has 2 amide bonds. The zero-order chi connectivity index (χ0) is 28.5. The molecule has 11 heteroatoms. The van der Waals surface area contributed by atoms with Gasteiger partial charge in [-0.15, -0.1) is 0 Å². The largest absolute Gasteiger partial charge is 0.495 e. The van der Waals surface area contributed by atoms with Crippen LogP contribution in [-0.2, 0) is 26.2 Å². The molecule has 1 atom stereocenters. The number of nitrogens with zero attached hydrogens (tertiary/aromatic N) is 2. The normalized spacial score (nSPS) is 12.2. The summed E-state index contributed by atoms with van der Waals surface area (Å²) in [5.41, 5.74) is 1.04. The van der Waals surface area contributed by atoms with Crippen LogP contribution in [0.2, 0.25) is 5.02 Å². The monoisotopic (exact) mass is 569 g/mol. The number of carbonyl (C=O) groups is 2. The van der Waals surface area contributed by atoms with Gasteiger partial charge in [0.05, 0.1) is 24.1 Å². The van der Waals surface area contributed by atoms with Crippen molar-refractivity contribution in [3.05, 3.63) is 58.9 Å². The van der Waals surface area contributed by atoms with Crippen LogP contribution in [0, 0.1) is 11.7 Å². The lowest BCUT2D eigenvalue weighted by Gasteiger charge is -2.31. The molecule has 210 valence electrons. The molecule has 0 radical (unpaired) electrons. The van der Waals surface area contributed by atoms with E-state index in [0.717, 1.165) is 6.26 Å². The van der Waals surface area contributed by atoms with Gasteiger partial charge in [0, 0.05) is 26.1 Å². The predicted molar refractivity (Wildman–Crippen MR) is 148 cm³/mol. The van der Waals surface area contributed by atoms with E-state index < -0.39 is 21.9 Å². The predicted octanol–water partition coefficient (Wildman–Crippen LogP) is 4.61. The summed E-state index contributed by atoms with van der Waals surface area (Å²) < 4.78 is 44.8. The fourth-order valence-corrected chi connectivity index (χ4v) is 5.15. The Morgan fingerprint density at radius 2 is 1.79 bits per heavy atom. The molecule has 0 bridgehead atoms. The Morgan fingerprint density at radius 1 is 1.13 bits per heavy atom. The van der Waals surface area contributed by atoms with Gasteiger partial charge in [0.15, 0.2) is 0 Å². The summed E-state index contributed by atoms with van der Waals surface area (Å²) in [7, 11) is -2.20. The minimum Gasteiger partial charge on any atom is -0.495 e. The van der Waals surface area contributed by atoms with Gasteiger partial charge in [-0.1, -0.05) is 44.5 Å². The average molecular weight is 570 g/mol. The number of ether oxygens (including phenoxy) is 1. The smallest absolute Gasteiger partial charge is 0.242 e. The van der Waals surface area contributed by atoms with E-state index >= 15 is 0 Å². The topological polar surface area (TPSA) is 96.0 Å². The molecule has 0 unspecified atom stereocenters. The van der Waals surface area contributed by atoms with Crippen molar-refractivity contribution in [1.29, 1.82) is 0 Å². The number of benzene rings is 2. The second kappa shape index (κ2) is 14.3. The highest BCUT2D eigenvalue weighted by Crippen LogP contribution is 2.30. The molecule has 2 aromatic rings. The molecule has 0 aromatic heterocycles. The second-order valence-electron chi connectivity index (χ2n) is 9.47. The first kappa shape index (κ1) is 31.4. The Hall–Kier alpha value is -2.85. The van der Waals surface area contributed by atoms with E-state index in [1.165, 1.54) is 34.5 Å². The van der Waals surface area contributed by atoms with Crippen molar-refractivity contribution in [2.75, 3.05) is 30.8 Å². The molecule has 8 nitrogen and oxygen atoms in total. The van der Waals surface area contributed by atoms with Gasteiger partial charge >= 0.3 is 0 Å². The Labute approximate surface area is 230 Å². The lowest BCUT2D eigenvalue weighted by molar-refractivity contribution is -0.141. The Balaban J connectivity index is 2.22. The van der Waals surface area contributed by atoms with Crippen LogP contribution in [0.15, 0.2) is 42.5 Å². The number of sulfonamides is 1. The maximum absolute atomic E-state index is 13.4. The van der Waals surface area contributed by atoms with Gasteiger partial charge in [-0.05, 0) is 54.7 Å². The highest BCUT2D eigenvalue weighted by Gasteiger charge is 2.29. The maximum Gasteiger partial charge on any atom is 0.242 e. The number of hydrogen-bond donors (Lipinski definition) is 1. The van der Waals surface area contributed by atoms with Gasteiger partial charge in [0.1, 0.15) is 17.6 Å². The fraction of sp³-hybridized carbons (Fsp3) is 0.481. The standard InChI is InChI=1S/C27H37ClFN3O5S/c1-6-24(27(34)30-17-19(2)3)31(18-20-9-11-21(29)12-10-20)26(33)8-7-15-32(38(5,35)36)22-13-14-25(37-4)23(28)16-22/h9-14,16,19,24H,6-8,15,17-18H2,1-5H3,(H,30,34)/t24-/m1/s1. The van der Waals surface area contributed by atoms with Crippen molar-refractivity contribution < 1.29 is 27.1 Å². The number of anilines is 1. The zero-order valence-corrected chi connectivity index (χ0v) is 24.1. The van der Waals surface area contributed by atoms with E-state index in [0.29, 0.717) is 30.0 Å². The quantitative estimate of drug-likeness (QED) is 0.358. The van der Waals surface area contributed by atoms with Gasteiger partial charge in [-0.25, -0.2) is 12.8 Å². The van der Waals surface area contributed by atoms with E-state index in [-0.39, 0.29) is 48.7 Å². The first-order valence-corrected chi connectivity index (χ1v) is 14.7. The molecule has 2 aromatic carbocycles. The number of methoxy groups -OCH3 is 1. The van der Waals surface area contributed by atoms with E-state index in [1.54, 1.807) is 24.3 Å². The number of carbonyl (C=O) groups excluding carboxylic acids is 2. The first-order chi connectivity index (χ1) is 17.9. The maximum atomic E-state index is 13.4. The van der Waals surface area contributed by atoms with Crippen molar-refractivity contribution in [2.45, 2.75) is 52.6 Å². The third-order valence-corrected chi connectivity index (χ3v) is 7.40. The van der Waals surface area contributed by atoms with Crippen LogP contribution in [0.3, 0.4) is 0 Å². The minimum atomic E-state index is -3.67. The van der Waals surface area contributed by atoms with Gasteiger partial charge in [-0.2, -0.15) is 0 Å². The lowest BCUT2D eigenvalue weighted by Crippen LogP contribution is -2.49. The number of hydrogen-bond acceptors (Lipinski definition) is 5. The lowest BCUT2D eigenvalue weighted by atomic mass is 10.1. The molecule has 1 N–H and O–H groups in total. The molecule has 0 spiro atoms. The van der Waals surface area contributed by atoms with Crippen molar-refractivity contribution >= 4 is 39.1 Å². The van der Waals surface area contributed by atoms with E-state index in [4.69, 9.17) is 16.3 Å². The molecular formula is C27H37ClFN3O5S. The van der Waals surface area contributed by atoms with Gasteiger partial charge in [0.25, 0.3) is 0 Å². The second-order valence-corrected chi connectivity index (χ2v) is 11.8. The number of nitrogens with one attached hydrogen (secondary N) is 1. The summed E-state index contributed by atoms with van der Waals surface area (Å²) in [6.07, 6.45) is 1.68. The summed E-state index contributed by atoms with van der Waals surface area (Å²) >= 11 is 6.19. The average Bonchev–Trinajstić information content (AvgIpc) is 2.85. The zero-order valence-electron chi connectivity index (χ0n) is 22.5. The fourth-order valence-electron chi connectivity index (χ4n) is 3.94. The highest BCUT2D eigenvalue weighted by molar-refractivity contribution is 7.92. The summed E-state index contributed by atoms with van der Waals surface area (Å²) in [5.74, 6) is -0.305. The van der Waals surface area contributed by atoms with Gasteiger partial charge in [-0.3, -0.25) is 13.9 Å². The molecule has 0 aliphatic rings. The molecule has 0 saturated carbocycles. The number of halogens is 2. The van der Waals surface area contributed by atoms with E-state index in [2.05, 4.69) is 5.32 Å². The van der Waals surface area contributed by atoms with E-state index in [9.17, 15) is 22.4 Å². The molecule has 38 heavy (non-hydrogen) atoms. The van der Waals surface area contributed by atoms with Crippen LogP contribution >= 0.6 is 11.6 Å². The van der Waals surface area contributed by atoms with Crippen LogP contribution < -0.4 is 14.4 Å². The molecular weight excluding hydrogens is 533 g/mol. The van der Waals surface area contributed by atoms with Crippen LogP contribution in [-0.4, -0.2) is 57.6 Å². The van der Waals surface area contributed by atoms with Crippen molar-refractivity contribution in [2.24, 2.45) is 5.92 Å². The van der Waals surface area contributed by atoms with Gasteiger partial charge in [0.2, 0.25) is 21.8 Å². The SMILES string of the molecule is CC[C@H](C(=O)NCC(C)C)N(Cc1ccc(F)cc1)C(=O)CCCN(c1ccc(OC)c(Cl)c1)S(C)(=O)=O. The molecule has 0 saturated heterocycles. The van der Waals surface area contributed by atoms with E-state index in [1.807, 2.05) is 20.8 Å². The molecule has 0 aliphatic carbocycles. The molecule has 0 fully saturated rings. The highest BCUT2D eigenvalue weighted by atomic mass is 35.5. The van der Waals surface area contributed by atoms with Crippen LogP contribution in [0.1, 0.15) is 45.6 Å². The van der Waals surface area contributed by atoms with Gasteiger partial charge < -0.3 is 15.0 Å². The van der Waals surface area contributed by atoms with Crippen LogP contribution in [0.4, 0.5) is 10.1 Å². The molecule has 0 aliphatic heterocycles. The molecule has 0 heterocycles. The Kier molecular flexibility index (Phi) is 11.8. The molecule has 2 rings (SSSR count). The summed E-state index contributed by atoms with van der Waals surface area (Å²) in [6.45, 7) is 6.41. The summed E-state index contributed by atoms with van der Waals surface area (Å²) in [6, 6.07) is 9.70. The summed E-state index contributed by atoms with van der Waals surface area (Å²) in [5, 5.41) is 3.15. The summed E-state index contributed by atoms with van der Waals surface area (Å²) in [4.78, 5) is 27.9. The Morgan fingerprint density at radius 3 is 2.32 bits per heavy atom. The van der Waals surface area contributed by atoms with Crippen LogP contribution in [0.5, 0.6) is 5.75 Å². The third kappa shape index (κ3) is 9.16.